The summed E-state index contributed by atoms with van der Waals surface area (Å²) in [4.78, 5) is 24.1. The number of carbonyl (C=O) groups excluding carboxylic acids is 2. The Morgan fingerprint density at radius 3 is 2.40 bits per heavy atom. The summed E-state index contributed by atoms with van der Waals surface area (Å²) in [5.74, 6) is -0.562. The van der Waals surface area contributed by atoms with Crippen LogP contribution in [0.1, 0.15) is 42.7 Å². The lowest BCUT2D eigenvalue weighted by atomic mass is 9.95. The Kier molecular flexibility index (Phi) is 6.14. The number of esters is 2. The molecule has 134 valence electrons. The fourth-order valence-electron chi connectivity index (χ4n) is 2.46. The minimum atomic E-state index is -0.444. The standard InChI is InChI=1S/C18H22N2O4S/c1-10(2)9-24-17(22)14-11(3)19-18(25)20-15(14)12-5-7-13(8-6-12)16(21)23-4/h5-8,10,15H,9H2,1-4H3,(H2,19,20,25)/t15-/m1/s1. The van der Waals surface area contributed by atoms with E-state index in [-0.39, 0.29) is 5.92 Å². The van der Waals surface area contributed by atoms with Crippen molar-refractivity contribution in [2.24, 2.45) is 5.92 Å². The Balaban J connectivity index is 2.32. The highest BCUT2D eigenvalue weighted by atomic mass is 32.1. The Morgan fingerprint density at radius 1 is 1.20 bits per heavy atom. The molecule has 0 saturated heterocycles. The van der Waals surface area contributed by atoms with Crippen molar-refractivity contribution in [3.63, 3.8) is 0 Å². The Bertz CT molecular complexity index is 710. The highest BCUT2D eigenvalue weighted by molar-refractivity contribution is 7.80. The first-order valence-electron chi connectivity index (χ1n) is 7.97. The summed E-state index contributed by atoms with van der Waals surface area (Å²) in [6.07, 6.45) is 0. The Morgan fingerprint density at radius 2 is 1.84 bits per heavy atom. The number of rotatable bonds is 5. The SMILES string of the molecule is COC(=O)c1ccc([C@H]2NC(=S)NC(C)=C2C(=O)OCC(C)C)cc1. The Hall–Kier alpha value is -2.41. The van der Waals surface area contributed by atoms with Crippen molar-refractivity contribution in [2.45, 2.75) is 26.8 Å². The van der Waals surface area contributed by atoms with Crippen molar-refractivity contribution in [2.75, 3.05) is 13.7 Å². The third-order valence-corrected chi connectivity index (χ3v) is 3.92. The van der Waals surface area contributed by atoms with Gasteiger partial charge >= 0.3 is 11.9 Å². The average Bonchev–Trinajstić information content (AvgIpc) is 2.58. The van der Waals surface area contributed by atoms with E-state index in [1.54, 1.807) is 31.2 Å². The first-order chi connectivity index (χ1) is 11.8. The number of ether oxygens (including phenoxy) is 2. The van der Waals surface area contributed by atoms with E-state index < -0.39 is 18.0 Å². The zero-order valence-corrected chi connectivity index (χ0v) is 15.5. The van der Waals surface area contributed by atoms with Gasteiger partial charge in [-0.2, -0.15) is 0 Å². The van der Waals surface area contributed by atoms with Crippen LogP contribution < -0.4 is 10.6 Å². The van der Waals surface area contributed by atoms with Crippen LogP contribution in [0.3, 0.4) is 0 Å². The normalized spacial score (nSPS) is 17.0. The monoisotopic (exact) mass is 362 g/mol. The summed E-state index contributed by atoms with van der Waals surface area (Å²) < 4.78 is 10.1. The molecule has 1 aliphatic heterocycles. The van der Waals surface area contributed by atoms with Crippen LogP contribution in [0, 0.1) is 5.92 Å². The van der Waals surface area contributed by atoms with Gasteiger partial charge in [0.1, 0.15) is 0 Å². The molecule has 25 heavy (non-hydrogen) atoms. The molecule has 0 aromatic heterocycles. The molecule has 1 aliphatic rings. The van der Waals surface area contributed by atoms with Gasteiger partial charge in [0, 0.05) is 5.70 Å². The van der Waals surface area contributed by atoms with Crippen LogP contribution >= 0.6 is 12.2 Å². The summed E-state index contributed by atoms with van der Waals surface area (Å²) in [7, 11) is 1.33. The van der Waals surface area contributed by atoms with Crippen LogP contribution in [-0.2, 0) is 14.3 Å². The maximum atomic E-state index is 12.5. The van der Waals surface area contributed by atoms with Gasteiger partial charge < -0.3 is 20.1 Å². The lowest BCUT2D eigenvalue weighted by Gasteiger charge is -2.30. The molecule has 1 aromatic carbocycles. The quantitative estimate of drug-likeness (QED) is 0.615. The van der Waals surface area contributed by atoms with Crippen molar-refractivity contribution in [1.29, 1.82) is 0 Å². The van der Waals surface area contributed by atoms with Crippen molar-refractivity contribution >= 4 is 29.3 Å². The van der Waals surface area contributed by atoms with E-state index in [1.165, 1.54) is 7.11 Å². The second kappa shape index (κ2) is 8.11. The summed E-state index contributed by atoms with van der Waals surface area (Å²) in [5, 5.41) is 6.48. The van der Waals surface area contributed by atoms with Crippen LogP contribution in [0.25, 0.3) is 0 Å². The van der Waals surface area contributed by atoms with E-state index in [4.69, 9.17) is 21.7 Å². The summed E-state index contributed by atoms with van der Waals surface area (Å²) in [6, 6.07) is 6.39. The van der Waals surface area contributed by atoms with E-state index in [0.717, 1.165) is 5.56 Å². The fourth-order valence-corrected chi connectivity index (χ4v) is 2.73. The predicted octanol–water partition coefficient (Wildman–Crippen LogP) is 2.47. The first kappa shape index (κ1) is 18.9. The minimum absolute atomic E-state index is 0.244. The molecule has 1 heterocycles. The van der Waals surface area contributed by atoms with Gasteiger partial charge in [-0.25, -0.2) is 9.59 Å². The molecule has 0 spiro atoms. The molecule has 1 atom stereocenters. The zero-order valence-electron chi connectivity index (χ0n) is 14.7. The number of hydrogen-bond acceptors (Lipinski definition) is 5. The van der Waals surface area contributed by atoms with Gasteiger partial charge in [-0.05, 0) is 42.8 Å². The molecule has 0 aliphatic carbocycles. The van der Waals surface area contributed by atoms with Crippen LogP contribution in [0.15, 0.2) is 35.5 Å². The van der Waals surface area contributed by atoms with Gasteiger partial charge in [0.15, 0.2) is 5.11 Å². The largest absolute Gasteiger partial charge is 0.465 e. The highest BCUT2D eigenvalue weighted by Crippen LogP contribution is 2.28. The predicted molar refractivity (Wildman–Crippen MR) is 97.9 cm³/mol. The molecule has 6 nitrogen and oxygen atoms in total. The number of benzene rings is 1. The second-order valence-corrected chi connectivity index (χ2v) is 6.58. The number of thiocarbonyl (C=S) groups is 1. The minimum Gasteiger partial charge on any atom is -0.465 e. The molecule has 0 saturated carbocycles. The van der Waals surface area contributed by atoms with E-state index in [2.05, 4.69) is 10.6 Å². The highest BCUT2D eigenvalue weighted by Gasteiger charge is 2.31. The first-order valence-corrected chi connectivity index (χ1v) is 8.38. The molecule has 2 N–H and O–H groups in total. The maximum absolute atomic E-state index is 12.5. The lowest BCUT2D eigenvalue weighted by molar-refractivity contribution is -0.140. The number of hydrogen-bond donors (Lipinski definition) is 2. The third-order valence-electron chi connectivity index (χ3n) is 3.70. The fraction of sp³-hybridized carbons (Fsp3) is 0.389. The van der Waals surface area contributed by atoms with Crippen molar-refractivity contribution in [3.8, 4) is 0 Å². The molecule has 0 bridgehead atoms. The average molecular weight is 362 g/mol. The number of allylic oxidation sites excluding steroid dienone is 1. The summed E-state index contributed by atoms with van der Waals surface area (Å²) in [6.45, 7) is 6.08. The summed E-state index contributed by atoms with van der Waals surface area (Å²) in [5.41, 5.74) is 2.36. The van der Waals surface area contributed by atoms with Crippen molar-refractivity contribution in [3.05, 3.63) is 46.7 Å². The maximum Gasteiger partial charge on any atom is 0.338 e. The van der Waals surface area contributed by atoms with Crippen molar-refractivity contribution < 1.29 is 19.1 Å². The smallest absolute Gasteiger partial charge is 0.338 e. The van der Waals surface area contributed by atoms with Crippen LogP contribution in [-0.4, -0.2) is 30.8 Å². The molecule has 0 unspecified atom stereocenters. The summed E-state index contributed by atoms with van der Waals surface area (Å²) >= 11 is 5.21. The van der Waals surface area contributed by atoms with Gasteiger partial charge in [0.2, 0.25) is 0 Å². The molecule has 2 rings (SSSR count). The van der Waals surface area contributed by atoms with E-state index in [9.17, 15) is 9.59 Å². The molecular weight excluding hydrogens is 340 g/mol. The number of carbonyl (C=O) groups is 2. The van der Waals surface area contributed by atoms with Gasteiger partial charge in [-0.3, -0.25) is 0 Å². The van der Waals surface area contributed by atoms with E-state index in [0.29, 0.717) is 28.6 Å². The lowest BCUT2D eigenvalue weighted by Crippen LogP contribution is -2.45. The Labute approximate surface area is 152 Å². The number of nitrogens with one attached hydrogen (secondary N) is 2. The van der Waals surface area contributed by atoms with Crippen LogP contribution in [0.5, 0.6) is 0 Å². The van der Waals surface area contributed by atoms with Crippen LogP contribution in [0.2, 0.25) is 0 Å². The molecule has 7 heteroatoms. The van der Waals surface area contributed by atoms with Crippen molar-refractivity contribution in [1.82, 2.24) is 10.6 Å². The second-order valence-electron chi connectivity index (χ2n) is 6.18. The van der Waals surface area contributed by atoms with Gasteiger partial charge in [0.25, 0.3) is 0 Å². The molecule has 1 aromatic rings. The van der Waals surface area contributed by atoms with Gasteiger partial charge in [-0.1, -0.05) is 26.0 Å². The van der Waals surface area contributed by atoms with Crippen LogP contribution in [0.4, 0.5) is 0 Å². The molecule has 0 amide bonds. The third kappa shape index (κ3) is 4.57. The zero-order chi connectivity index (χ0) is 18.6. The number of methoxy groups -OCH3 is 1. The van der Waals surface area contributed by atoms with Gasteiger partial charge in [-0.15, -0.1) is 0 Å². The molecule has 0 fully saturated rings. The topological polar surface area (TPSA) is 76.7 Å². The molecule has 0 radical (unpaired) electrons. The van der Waals surface area contributed by atoms with E-state index in [1.807, 2.05) is 13.8 Å². The van der Waals surface area contributed by atoms with Gasteiger partial charge in [0.05, 0.1) is 30.9 Å². The molecular formula is C18H22N2O4S. The van der Waals surface area contributed by atoms with E-state index >= 15 is 0 Å².